The van der Waals surface area contributed by atoms with Gasteiger partial charge in [0.25, 0.3) is 0 Å². The highest BCUT2D eigenvalue weighted by Gasteiger charge is 2.37. The number of carbonyl (C=O) groups excluding carboxylic acids is 5. The van der Waals surface area contributed by atoms with Gasteiger partial charge in [-0.05, 0) is 102 Å². The number of halogens is 1. The van der Waals surface area contributed by atoms with E-state index in [0.29, 0.717) is 60.2 Å². The molecular weight excluding hydrogens is 898 g/mol. The molecule has 6 fully saturated rings. The van der Waals surface area contributed by atoms with Crippen LogP contribution < -0.4 is 26.2 Å². The van der Waals surface area contributed by atoms with Crippen LogP contribution in [0.2, 0.25) is 0 Å². The number of esters is 1. The van der Waals surface area contributed by atoms with Gasteiger partial charge in [-0.1, -0.05) is 0 Å². The SMILES string of the molecule is CCOC(=O)c1cnc(Nc2cnn(C)c2)nc1NC1CCC(N2CCN(C(=O)C3CCC(C(=O)N4CCC(CN5CCN(c6cc(NC7CCC(=O)NC7=O)ccc6F)CC5)CC4)CC3)CC2)CC1. The molecule has 20 heteroatoms. The number of ether oxygens (including phenoxy) is 1. The van der Waals surface area contributed by atoms with Gasteiger partial charge in [0.15, 0.2) is 0 Å². The van der Waals surface area contributed by atoms with Crippen molar-refractivity contribution in [3.63, 3.8) is 0 Å². The topological polar surface area (TPSA) is 202 Å². The van der Waals surface area contributed by atoms with E-state index in [1.54, 1.807) is 29.9 Å². The number of hydrogen-bond donors (Lipinski definition) is 4. The predicted octanol–water partition coefficient (Wildman–Crippen LogP) is 4.22. The van der Waals surface area contributed by atoms with E-state index in [1.807, 2.05) is 13.2 Å². The molecule has 1 aromatic carbocycles. The van der Waals surface area contributed by atoms with E-state index in [9.17, 15) is 24.0 Å². The smallest absolute Gasteiger partial charge is 0.343 e. The number of anilines is 5. The second-order valence-electron chi connectivity index (χ2n) is 20.1. The number of nitrogens with one attached hydrogen (secondary N) is 4. The third kappa shape index (κ3) is 12.0. The Morgan fingerprint density at radius 2 is 1.47 bits per heavy atom. The van der Waals surface area contributed by atoms with Gasteiger partial charge in [0.1, 0.15) is 23.2 Å². The summed E-state index contributed by atoms with van der Waals surface area (Å²) in [6.45, 7) is 10.8. The first-order valence-electron chi connectivity index (χ1n) is 25.7. The van der Waals surface area contributed by atoms with Crippen LogP contribution in [0.1, 0.15) is 94.3 Å². The monoisotopic (exact) mass is 968 g/mol. The lowest BCUT2D eigenvalue weighted by Crippen LogP contribution is -2.54. The van der Waals surface area contributed by atoms with Crippen LogP contribution in [-0.4, -0.2) is 166 Å². The average Bonchev–Trinajstić information content (AvgIpc) is 3.79. The fourth-order valence-corrected chi connectivity index (χ4v) is 11.5. The lowest BCUT2D eigenvalue weighted by atomic mass is 9.80. The van der Waals surface area contributed by atoms with Crippen LogP contribution in [-0.2, 0) is 31.0 Å². The third-order valence-electron chi connectivity index (χ3n) is 15.5. The van der Waals surface area contributed by atoms with Crippen LogP contribution in [0.4, 0.5) is 33.2 Å². The zero-order chi connectivity index (χ0) is 48.7. The molecule has 6 aliphatic rings. The highest BCUT2D eigenvalue weighted by atomic mass is 19.1. The molecule has 6 heterocycles. The number of piperidine rings is 2. The number of benzene rings is 1. The number of aryl methyl sites for hydroxylation is 1. The average molecular weight is 968 g/mol. The molecule has 0 radical (unpaired) electrons. The van der Waals surface area contributed by atoms with Crippen LogP contribution >= 0.6 is 0 Å². The van der Waals surface area contributed by atoms with Gasteiger partial charge in [-0.3, -0.25) is 39.0 Å². The third-order valence-corrected chi connectivity index (χ3v) is 15.5. The van der Waals surface area contributed by atoms with Gasteiger partial charge in [0, 0.05) is 127 Å². The van der Waals surface area contributed by atoms with Crippen LogP contribution in [0.3, 0.4) is 0 Å². The van der Waals surface area contributed by atoms with Gasteiger partial charge < -0.3 is 35.4 Å². The molecule has 3 aromatic rings. The van der Waals surface area contributed by atoms with Crippen molar-refractivity contribution in [2.24, 2.45) is 24.8 Å². The van der Waals surface area contributed by atoms with Gasteiger partial charge >= 0.3 is 5.97 Å². The first kappa shape index (κ1) is 49.1. The summed E-state index contributed by atoms with van der Waals surface area (Å²) in [5.41, 5.74) is 2.23. The predicted molar refractivity (Wildman–Crippen MR) is 262 cm³/mol. The Labute approximate surface area is 409 Å². The van der Waals surface area contributed by atoms with E-state index in [2.05, 4.69) is 60.8 Å². The molecule has 2 aromatic heterocycles. The minimum atomic E-state index is -0.526. The summed E-state index contributed by atoms with van der Waals surface area (Å²) in [4.78, 5) is 84.3. The van der Waals surface area contributed by atoms with Gasteiger partial charge in [0.2, 0.25) is 29.6 Å². The number of amides is 4. The molecule has 70 heavy (non-hydrogen) atoms. The van der Waals surface area contributed by atoms with Crippen LogP contribution in [0.25, 0.3) is 0 Å². The Bertz CT molecular complexity index is 2330. The van der Waals surface area contributed by atoms with Crippen molar-refractivity contribution in [3.05, 3.63) is 48.2 Å². The van der Waals surface area contributed by atoms with Crippen molar-refractivity contribution in [1.29, 1.82) is 0 Å². The van der Waals surface area contributed by atoms with Crippen molar-refractivity contribution in [2.45, 2.75) is 102 Å². The molecule has 9 rings (SSSR count). The number of aromatic nitrogens is 4. The standard InChI is InChI=1S/C50H70FN13O6/c1-3-70-49(69)40-30-52-50(56-38-29-53-59(2)32-38)58-45(40)55-36-8-11-39(12-9-36)61-24-26-64(27-25-61)48(68)35-6-4-34(5-7-35)47(67)63-18-16-33(17-19-63)31-60-20-22-62(23-21-60)43-28-37(10-13-41(43)51)54-42-14-15-44(65)57-46(42)66/h10,13,28-30,32-36,39,42,54H,3-9,11-12,14-27,31H2,1-2H3,(H,57,65,66)(H2,52,55,56,58). The maximum absolute atomic E-state index is 15.0. The summed E-state index contributed by atoms with van der Waals surface area (Å²) in [5, 5.41) is 16.4. The van der Waals surface area contributed by atoms with Crippen LogP contribution in [0, 0.1) is 23.6 Å². The lowest BCUT2D eigenvalue weighted by Gasteiger charge is -2.43. The van der Waals surface area contributed by atoms with E-state index >= 15 is 4.39 Å². The Morgan fingerprint density at radius 1 is 0.786 bits per heavy atom. The van der Waals surface area contributed by atoms with E-state index in [4.69, 9.17) is 4.74 Å². The largest absolute Gasteiger partial charge is 0.462 e. The summed E-state index contributed by atoms with van der Waals surface area (Å²) in [7, 11) is 1.83. The summed E-state index contributed by atoms with van der Waals surface area (Å²) >= 11 is 0. The Balaban J connectivity index is 0.657. The number of likely N-dealkylation sites (tertiary alicyclic amines) is 1. The molecule has 1 unspecified atom stereocenters. The minimum absolute atomic E-state index is 0.00934. The second-order valence-corrected chi connectivity index (χ2v) is 20.1. The fraction of sp³-hybridized carbons (Fsp3) is 0.640. The second kappa shape index (κ2) is 22.5. The van der Waals surface area contributed by atoms with E-state index in [0.717, 1.165) is 129 Å². The molecule has 378 valence electrons. The Kier molecular flexibility index (Phi) is 15.8. The van der Waals surface area contributed by atoms with Gasteiger partial charge in [0.05, 0.1) is 24.2 Å². The summed E-state index contributed by atoms with van der Waals surface area (Å²) < 4.78 is 22.0. The molecule has 0 spiro atoms. The normalized spacial score (nSPS) is 25.3. The van der Waals surface area contributed by atoms with Crippen molar-refractivity contribution in [3.8, 4) is 0 Å². The molecule has 0 bridgehead atoms. The van der Waals surface area contributed by atoms with E-state index in [1.165, 1.54) is 12.3 Å². The highest BCUT2D eigenvalue weighted by molar-refractivity contribution is 6.01. The van der Waals surface area contributed by atoms with E-state index in [-0.39, 0.29) is 60.4 Å². The zero-order valence-electron chi connectivity index (χ0n) is 40.8. The van der Waals surface area contributed by atoms with Gasteiger partial charge in [-0.25, -0.2) is 14.2 Å². The van der Waals surface area contributed by atoms with Crippen molar-refractivity contribution in [2.75, 3.05) is 99.4 Å². The van der Waals surface area contributed by atoms with Crippen LogP contribution in [0.5, 0.6) is 0 Å². The van der Waals surface area contributed by atoms with E-state index < -0.39 is 12.0 Å². The first-order chi connectivity index (χ1) is 34.0. The maximum atomic E-state index is 15.0. The summed E-state index contributed by atoms with van der Waals surface area (Å²) in [6.07, 6.45) is 14.6. The summed E-state index contributed by atoms with van der Waals surface area (Å²) in [5.74, 6) is 0.434. The maximum Gasteiger partial charge on any atom is 0.343 e. The van der Waals surface area contributed by atoms with Gasteiger partial charge in [-0.2, -0.15) is 10.1 Å². The van der Waals surface area contributed by atoms with Gasteiger partial charge in [-0.15, -0.1) is 0 Å². The molecule has 1 atom stereocenters. The molecule has 2 saturated carbocycles. The number of imide groups is 1. The Morgan fingerprint density at radius 3 is 2.11 bits per heavy atom. The highest BCUT2D eigenvalue weighted by Crippen LogP contribution is 2.34. The molecule has 4 N–H and O–H groups in total. The van der Waals surface area contributed by atoms with Crippen LogP contribution in [0.15, 0.2) is 36.8 Å². The first-order valence-corrected chi connectivity index (χ1v) is 25.7. The molecule has 4 amide bonds. The molecule has 19 nitrogen and oxygen atoms in total. The number of carbonyl (C=O) groups is 5. The van der Waals surface area contributed by atoms with Crippen molar-refractivity contribution >= 4 is 58.4 Å². The lowest BCUT2D eigenvalue weighted by molar-refractivity contribution is -0.143. The minimum Gasteiger partial charge on any atom is -0.462 e. The molecule has 4 saturated heterocycles. The molecule has 2 aliphatic carbocycles. The number of hydrogen-bond acceptors (Lipinski definition) is 15. The Hall–Kier alpha value is -5.89. The quantitative estimate of drug-likeness (QED) is 0.132. The number of piperazine rings is 2. The number of nitrogens with zero attached hydrogens (tertiary/aromatic N) is 9. The van der Waals surface area contributed by atoms with Crippen molar-refractivity contribution in [1.82, 2.24) is 44.7 Å². The zero-order valence-corrected chi connectivity index (χ0v) is 40.8. The fourth-order valence-electron chi connectivity index (χ4n) is 11.5. The summed E-state index contributed by atoms with van der Waals surface area (Å²) in [6, 6.07) is 4.89. The number of rotatable bonds is 14. The molecular formula is C50H70FN13O6. The van der Waals surface area contributed by atoms with Crippen molar-refractivity contribution < 1.29 is 33.1 Å². The molecule has 4 aliphatic heterocycles.